The molecule has 1 heterocycles. The van der Waals surface area contributed by atoms with Gasteiger partial charge in [0.05, 0.1) is 5.66 Å². The fraction of sp³-hybridized carbons (Fsp3) is 0.600. The van der Waals surface area contributed by atoms with Gasteiger partial charge in [0.2, 0.25) is 7.29 Å². The van der Waals surface area contributed by atoms with Crippen LogP contribution in [0.5, 0.6) is 0 Å². The van der Waals surface area contributed by atoms with Crippen molar-refractivity contribution < 1.29 is 4.57 Å². The standard InChI is InChI=1S/C20H32NOP/c1-8-18-16(2)14-21(20(6,7)15-19(3,4)5)23(18,22)17-12-10-9-11-13-17/h9-14,18H,8,15H2,1-7H3. The second-order valence-electron chi connectivity index (χ2n) is 8.65. The van der Waals surface area contributed by atoms with Crippen LogP contribution in [0.25, 0.3) is 0 Å². The molecule has 1 aromatic carbocycles. The van der Waals surface area contributed by atoms with Crippen LogP contribution in [0.2, 0.25) is 0 Å². The third kappa shape index (κ3) is 3.43. The van der Waals surface area contributed by atoms with E-state index in [-0.39, 0.29) is 16.6 Å². The van der Waals surface area contributed by atoms with Crippen molar-refractivity contribution in [1.29, 1.82) is 0 Å². The van der Waals surface area contributed by atoms with E-state index in [2.05, 4.69) is 59.3 Å². The van der Waals surface area contributed by atoms with E-state index in [4.69, 9.17) is 0 Å². The maximum atomic E-state index is 14.3. The SMILES string of the molecule is CCC1C(C)=CN(C(C)(C)CC(C)(C)C)P1(=O)c1ccccc1. The normalized spacial score (nSPS) is 25.6. The first-order valence-electron chi connectivity index (χ1n) is 8.66. The zero-order valence-corrected chi connectivity index (χ0v) is 16.7. The van der Waals surface area contributed by atoms with Gasteiger partial charge in [0.1, 0.15) is 0 Å². The molecule has 1 aliphatic heterocycles. The van der Waals surface area contributed by atoms with E-state index < -0.39 is 7.29 Å². The number of hydrogen-bond acceptors (Lipinski definition) is 1. The highest BCUT2D eigenvalue weighted by molar-refractivity contribution is 7.70. The molecule has 23 heavy (non-hydrogen) atoms. The Bertz CT molecular complexity index is 625. The number of hydrogen-bond donors (Lipinski definition) is 0. The molecule has 2 rings (SSSR count). The molecule has 0 N–H and O–H groups in total. The van der Waals surface area contributed by atoms with Crippen molar-refractivity contribution in [3.63, 3.8) is 0 Å². The van der Waals surface area contributed by atoms with Gasteiger partial charge in [-0.1, -0.05) is 45.9 Å². The van der Waals surface area contributed by atoms with Crippen molar-refractivity contribution in [1.82, 2.24) is 4.67 Å². The van der Waals surface area contributed by atoms with Crippen LogP contribution in [0, 0.1) is 5.41 Å². The van der Waals surface area contributed by atoms with Crippen molar-refractivity contribution in [2.45, 2.75) is 72.5 Å². The molecule has 1 aliphatic rings. The number of nitrogens with zero attached hydrogens (tertiary/aromatic N) is 1. The molecule has 0 spiro atoms. The summed E-state index contributed by atoms with van der Waals surface area (Å²) < 4.78 is 16.5. The van der Waals surface area contributed by atoms with Crippen LogP contribution in [-0.4, -0.2) is 15.9 Å². The van der Waals surface area contributed by atoms with Crippen LogP contribution in [0.3, 0.4) is 0 Å². The quantitative estimate of drug-likeness (QED) is 0.649. The fourth-order valence-corrected chi connectivity index (χ4v) is 8.11. The molecule has 2 unspecified atom stereocenters. The van der Waals surface area contributed by atoms with E-state index >= 15 is 0 Å². The maximum absolute atomic E-state index is 14.3. The molecule has 0 amide bonds. The Morgan fingerprint density at radius 1 is 1.09 bits per heavy atom. The lowest BCUT2D eigenvalue weighted by Crippen LogP contribution is -2.42. The molecule has 2 nitrogen and oxygen atoms in total. The van der Waals surface area contributed by atoms with Crippen molar-refractivity contribution in [3.05, 3.63) is 42.1 Å². The van der Waals surface area contributed by atoms with Gasteiger partial charge in [-0.25, -0.2) is 0 Å². The van der Waals surface area contributed by atoms with E-state index in [0.29, 0.717) is 0 Å². The monoisotopic (exact) mass is 333 g/mol. The van der Waals surface area contributed by atoms with E-state index in [1.807, 2.05) is 30.3 Å². The summed E-state index contributed by atoms with van der Waals surface area (Å²) in [7, 11) is -2.67. The van der Waals surface area contributed by atoms with Crippen LogP contribution >= 0.6 is 7.29 Å². The van der Waals surface area contributed by atoms with E-state index in [1.54, 1.807) is 0 Å². The van der Waals surface area contributed by atoms with Crippen LogP contribution in [0.15, 0.2) is 42.1 Å². The molecule has 0 aliphatic carbocycles. The zero-order chi connectivity index (χ0) is 17.5. The van der Waals surface area contributed by atoms with E-state index in [0.717, 1.165) is 18.1 Å². The lowest BCUT2D eigenvalue weighted by atomic mass is 9.82. The minimum absolute atomic E-state index is 0.129. The summed E-state index contributed by atoms with van der Waals surface area (Å²) in [5, 5.41) is 0.988. The topological polar surface area (TPSA) is 20.3 Å². The van der Waals surface area contributed by atoms with Crippen LogP contribution < -0.4 is 5.30 Å². The van der Waals surface area contributed by atoms with Gasteiger partial charge < -0.3 is 4.67 Å². The smallest absolute Gasteiger partial charge is 0.207 e. The van der Waals surface area contributed by atoms with Crippen molar-refractivity contribution in [3.8, 4) is 0 Å². The van der Waals surface area contributed by atoms with E-state index in [9.17, 15) is 4.57 Å². The summed E-state index contributed by atoms with van der Waals surface area (Å²) in [6.45, 7) is 15.5. The molecule has 0 radical (unpaired) electrons. The van der Waals surface area contributed by atoms with Crippen molar-refractivity contribution in [2.24, 2.45) is 5.41 Å². The highest BCUT2D eigenvalue weighted by Crippen LogP contribution is 2.64. The van der Waals surface area contributed by atoms with Crippen LogP contribution in [-0.2, 0) is 4.57 Å². The number of rotatable bonds is 4. The van der Waals surface area contributed by atoms with Gasteiger partial charge >= 0.3 is 0 Å². The average molecular weight is 333 g/mol. The molecule has 0 saturated carbocycles. The van der Waals surface area contributed by atoms with Crippen molar-refractivity contribution >= 4 is 12.6 Å². The molecule has 0 fully saturated rings. The minimum Gasteiger partial charge on any atom is -0.320 e. The van der Waals surface area contributed by atoms with Gasteiger partial charge in [-0.2, -0.15) is 0 Å². The molecule has 0 aromatic heterocycles. The van der Waals surface area contributed by atoms with Gasteiger partial charge in [-0.3, -0.25) is 4.57 Å². The largest absolute Gasteiger partial charge is 0.320 e. The summed E-state index contributed by atoms with van der Waals surface area (Å²) in [5.74, 6) is 0. The first kappa shape index (κ1) is 18.3. The summed E-state index contributed by atoms with van der Waals surface area (Å²) in [6.07, 6.45) is 4.08. The summed E-state index contributed by atoms with van der Waals surface area (Å²) in [6, 6.07) is 10.1. The Morgan fingerprint density at radius 2 is 1.65 bits per heavy atom. The molecule has 1 aromatic rings. The van der Waals surface area contributed by atoms with Crippen LogP contribution in [0.4, 0.5) is 0 Å². The lowest BCUT2D eigenvalue weighted by Gasteiger charge is -2.45. The van der Waals surface area contributed by atoms with Gasteiger partial charge in [0.25, 0.3) is 0 Å². The van der Waals surface area contributed by atoms with Gasteiger partial charge in [0, 0.05) is 17.0 Å². The number of benzene rings is 1. The lowest BCUT2D eigenvalue weighted by molar-refractivity contribution is 0.193. The molecule has 0 saturated heterocycles. The maximum Gasteiger partial charge on any atom is 0.207 e. The second-order valence-corrected chi connectivity index (χ2v) is 11.5. The Morgan fingerprint density at radius 3 is 2.13 bits per heavy atom. The third-order valence-corrected chi connectivity index (χ3v) is 8.64. The summed E-state index contributed by atoms with van der Waals surface area (Å²) >= 11 is 0. The first-order chi connectivity index (χ1) is 10.5. The number of allylic oxidation sites excluding steroid dienone is 1. The van der Waals surface area contributed by atoms with Gasteiger partial charge in [-0.15, -0.1) is 0 Å². The zero-order valence-electron chi connectivity index (χ0n) is 15.8. The van der Waals surface area contributed by atoms with Crippen molar-refractivity contribution in [2.75, 3.05) is 0 Å². The predicted molar refractivity (Wildman–Crippen MR) is 102 cm³/mol. The summed E-state index contributed by atoms with van der Waals surface area (Å²) in [4.78, 5) is 0. The van der Waals surface area contributed by atoms with E-state index in [1.165, 1.54) is 5.57 Å². The van der Waals surface area contributed by atoms with Gasteiger partial charge in [-0.05, 0) is 56.7 Å². The second kappa shape index (κ2) is 6.13. The minimum atomic E-state index is -2.67. The van der Waals surface area contributed by atoms with Crippen LogP contribution in [0.1, 0.15) is 61.3 Å². The molecular formula is C20H32NOP. The highest BCUT2D eigenvalue weighted by atomic mass is 31.2. The first-order valence-corrected chi connectivity index (χ1v) is 10.4. The molecule has 3 heteroatoms. The average Bonchev–Trinajstić information content (AvgIpc) is 2.70. The Kier molecular flexibility index (Phi) is 4.89. The molecule has 2 atom stereocenters. The Hall–Kier alpha value is -1.01. The fourth-order valence-electron chi connectivity index (χ4n) is 4.26. The predicted octanol–water partition coefficient (Wildman–Crippen LogP) is 5.80. The van der Waals surface area contributed by atoms with Gasteiger partial charge in [0.15, 0.2) is 0 Å². The Balaban J connectivity index is 2.55. The third-order valence-electron chi connectivity index (χ3n) is 4.69. The summed E-state index contributed by atoms with van der Waals surface area (Å²) in [5.41, 5.74) is 1.43. The molecule has 128 valence electrons. The highest BCUT2D eigenvalue weighted by Gasteiger charge is 2.49. The molecule has 0 bridgehead atoms. The Labute approximate surface area is 142 Å². The molecular weight excluding hydrogens is 301 g/mol.